The molecule has 3 aromatic rings. The number of rotatable bonds is 4. The summed E-state index contributed by atoms with van der Waals surface area (Å²) in [5.41, 5.74) is 6.50. The summed E-state index contributed by atoms with van der Waals surface area (Å²) in [5.74, 6) is -0.558. The molecule has 0 aliphatic heterocycles. The summed E-state index contributed by atoms with van der Waals surface area (Å²) in [6.45, 7) is 0. The summed E-state index contributed by atoms with van der Waals surface area (Å²) in [5, 5.41) is 8.49. The Morgan fingerprint density at radius 1 is 1.08 bits per heavy atom. The van der Waals surface area contributed by atoms with Crippen molar-refractivity contribution < 1.29 is 10.0 Å². The van der Waals surface area contributed by atoms with Crippen LogP contribution in [0.15, 0.2) is 67.0 Å². The first-order valence-electron chi connectivity index (χ1n) is 7.48. The Bertz CT molecular complexity index is 871. The van der Waals surface area contributed by atoms with Crippen molar-refractivity contribution in [3.63, 3.8) is 0 Å². The molecule has 0 bridgehead atoms. The largest absolute Gasteiger partial charge is 0.333 e. The van der Waals surface area contributed by atoms with E-state index in [1.54, 1.807) is 17.9 Å². The molecular formula is C19H18ClN3O2. The van der Waals surface area contributed by atoms with Crippen LogP contribution in [0, 0.1) is 0 Å². The molecule has 0 unspecified atom stereocenters. The van der Waals surface area contributed by atoms with Gasteiger partial charge < -0.3 is 4.57 Å². The molecule has 0 aliphatic rings. The lowest BCUT2D eigenvalue weighted by atomic mass is 10.0. The molecule has 0 atom stereocenters. The maximum absolute atomic E-state index is 11.0. The molecule has 2 N–H and O–H groups in total. The van der Waals surface area contributed by atoms with E-state index in [2.05, 4.69) is 4.98 Å². The Kier molecular flexibility index (Phi) is 6.11. The first-order chi connectivity index (χ1) is 11.7. The second-order valence-corrected chi connectivity index (χ2v) is 5.35. The number of imidazole rings is 1. The van der Waals surface area contributed by atoms with Crippen molar-refractivity contribution in [2.45, 2.75) is 0 Å². The van der Waals surface area contributed by atoms with E-state index >= 15 is 0 Å². The van der Waals surface area contributed by atoms with Crippen LogP contribution in [0.4, 0.5) is 0 Å². The van der Waals surface area contributed by atoms with E-state index in [0.717, 1.165) is 28.1 Å². The molecule has 128 valence electrons. The normalized spacial score (nSPS) is 10.5. The van der Waals surface area contributed by atoms with Gasteiger partial charge in [0.15, 0.2) is 0 Å². The van der Waals surface area contributed by atoms with Crippen LogP contribution in [0.2, 0.25) is 0 Å². The zero-order valence-corrected chi connectivity index (χ0v) is 14.4. The molecule has 2 aromatic carbocycles. The van der Waals surface area contributed by atoms with Gasteiger partial charge in [-0.15, -0.1) is 12.4 Å². The molecule has 0 spiro atoms. The van der Waals surface area contributed by atoms with E-state index in [0.29, 0.717) is 0 Å². The highest BCUT2D eigenvalue weighted by Crippen LogP contribution is 2.30. The minimum atomic E-state index is -0.558. The van der Waals surface area contributed by atoms with Gasteiger partial charge in [0.05, 0.1) is 17.7 Å². The molecule has 0 saturated heterocycles. The van der Waals surface area contributed by atoms with Gasteiger partial charge >= 0.3 is 0 Å². The van der Waals surface area contributed by atoms with E-state index in [1.165, 1.54) is 6.08 Å². The number of hydroxylamine groups is 1. The van der Waals surface area contributed by atoms with Gasteiger partial charge in [0.2, 0.25) is 0 Å². The molecule has 1 heterocycles. The molecule has 0 radical (unpaired) electrons. The highest BCUT2D eigenvalue weighted by Gasteiger charge is 2.12. The van der Waals surface area contributed by atoms with Crippen molar-refractivity contribution >= 4 is 24.4 Å². The summed E-state index contributed by atoms with van der Waals surface area (Å²) in [4.78, 5) is 15.5. The topological polar surface area (TPSA) is 67.2 Å². The van der Waals surface area contributed by atoms with Crippen molar-refractivity contribution in [2.24, 2.45) is 7.05 Å². The maximum atomic E-state index is 11.0. The number of hydrogen-bond donors (Lipinski definition) is 2. The molecule has 1 aromatic heterocycles. The van der Waals surface area contributed by atoms with Crippen LogP contribution < -0.4 is 5.48 Å². The SMILES string of the molecule is Cl.Cn1cnc(-c2ccccc2)c1-c1ccc(C=CC(=O)NO)cc1. The van der Waals surface area contributed by atoms with Gasteiger partial charge in [-0.3, -0.25) is 10.0 Å². The first-order valence-corrected chi connectivity index (χ1v) is 7.48. The van der Waals surface area contributed by atoms with Crippen LogP contribution >= 0.6 is 12.4 Å². The highest BCUT2D eigenvalue weighted by atomic mass is 35.5. The molecule has 0 aliphatic carbocycles. The third-order valence-corrected chi connectivity index (χ3v) is 3.71. The number of carbonyl (C=O) groups excluding carboxylic acids is 1. The van der Waals surface area contributed by atoms with Crippen molar-refractivity contribution in [2.75, 3.05) is 0 Å². The molecular weight excluding hydrogens is 338 g/mol. The van der Waals surface area contributed by atoms with E-state index in [1.807, 2.05) is 66.2 Å². The number of carbonyl (C=O) groups is 1. The smallest absolute Gasteiger partial charge is 0.267 e. The fourth-order valence-corrected chi connectivity index (χ4v) is 2.54. The van der Waals surface area contributed by atoms with E-state index < -0.39 is 5.91 Å². The predicted molar refractivity (Wildman–Crippen MR) is 100 cm³/mol. The number of halogens is 1. The minimum absolute atomic E-state index is 0. The van der Waals surface area contributed by atoms with Crippen LogP contribution in [0.25, 0.3) is 28.6 Å². The molecule has 3 rings (SSSR count). The number of nitrogens with zero attached hydrogens (tertiary/aromatic N) is 2. The van der Waals surface area contributed by atoms with Crippen LogP contribution in [0.5, 0.6) is 0 Å². The summed E-state index contributed by atoms with van der Waals surface area (Å²) < 4.78 is 1.99. The first kappa shape index (κ1) is 18.4. The highest BCUT2D eigenvalue weighted by molar-refractivity contribution is 5.91. The number of benzene rings is 2. The van der Waals surface area contributed by atoms with Gasteiger partial charge in [0.1, 0.15) is 0 Å². The number of nitrogens with one attached hydrogen (secondary N) is 1. The fourth-order valence-electron chi connectivity index (χ4n) is 2.54. The van der Waals surface area contributed by atoms with Gasteiger partial charge in [-0.2, -0.15) is 0 Å². The lowest BCUT2D eigenvalue weighted by Gasteiger charge is -2.07. The van der Waals surface area contributed by atoms with Crippen LogP contribution in [-0.2, 0) is 11.8 Å². The van der Waals surface area contributed by atoms with Crippen LogP contribution in [0.1, 0.15) is 5.56 Å². The number of hydrogen-bond acceptors (Lipinski definition) is 3. The standard InChI is InChI=1S/C19H17N3O2.ClH/c1-22-13-20-18(15-5-3-2-4-6-15)19(22)16-10-7-14(8-11-16)9-12-17(23)21-24;/h2-13,24H,1H3,(H,21,23);1H. The summed E-state index contributed by atoms with van der Waals surface area (Å²) in [6, 6.07) is 17.8. The van der Waals surface area contributed by atoms with E-state index in [-0.39, 0.29) is 12.4 Å². The lowest BCUT2D eigenvalue weighted by molar-refractivity contribution is -0.124. The Labute approximate surface area is 152 Å². The van der Waals surface area contributed by atoms with Gasteiger partial charge in [-0.05, 0) is 11.6 Å². The van der Waals surface area contributed by atoms with Gasteiger partial charge in [-0.1, -0.05) is 54.6 Å². The van der Waals surface area contributed by atoms with Crippen LogP contribution in [-0.4, -0.2) is 20.7 Å². The number of amides is 1. The molecule has 0 fully saturated rings. The zero-order valence-electron chi connectivity index (χ0n) is 13.6. The minimum Gasteiger partial charge on any atom is -0.333 e. The molecule has 5 nitrogen and oxygen atoms in total. The Morgan fingerprint density at radius 3 is 2.40 bits per heavy atom. The van der Waals surface area contributed by atoms with E-state index in [9.17, 15) is 4.79 Å². The number of aromatic nitrogens is 2. The fraction of sp³-hybridized carbons (Fsp3) is 0.0526. The lowest BCUT2D eigenvalue weighted by Crippen LogP contribution is -2.14. The zero-order chi connectivity index (χ0) is 16.9. The molecule has 1 amide bonds. The molecule has 25 heavy (non-hydrogen) atoms. The van der Waals surface area contributed by atoms with Crippen molar-refractivity contribution in [1.29, 1.82) is 0 Å². The summed E-state index contributed by atoms with van der Waals surface area (Å²) in [6.07, 6.45) is 4.71. The Hall–Kier alpha value is -2.89. The average Bonchev–Trinajstić information content (AvgIpc) is 3.02. The van der Waals surface area contributed by atoms with Gasteiger partial charge in [-0.25, -0.2) is 10.5 Å². The second-order valence-electron chi connectivity index (χ2n) is 5.35. The molecule has 6 heteroatoms. The Balaban J connectivity index is 0.00000225. The number of aryl methyl sites for hydroxylation is 1. The summed E-state index contributed by atoms with van der Waals surface area (Å²) >= 11 is 0. The quantitative estimate of drug-likeness (QED) is 0.426. The van der Waals surface area contributed by atoms with Crippen LogP contribution in [0.3, 0.4) is 0 Å². The summed E-state index contributed by atoms with van der Waals surface area (Å²) in [7, 11) is 1.97. The predicted octanol–water partition coefficient (Wildman–Crippen LogP) is 3.69. The van der Waals surface area contributed by atoms with Crippen molar-refractivity contribution in [3.8, 4) is 22.5 Å². The average molecular weight is 356 g/mol. The van der Waals surface area contributed by atoms with Crippen molar-refractivity contribution in [3.05, 3.63) is 72.6 Å². The van der Waals surface area contributed by atoms with E-state index in [4.69, 9.17) is 5.21 Å². The van der Waals surface area contributed by atoms with Crippen molar-refractivity contribution in [1.82, 2.24) is 15.0 Å². The van der Waals surface area contributed by atoms with Gasteiger partial charge in [0, 0.05) is 24.3 Å². The second kappa shape index (κ2) is 8.28. The maximum Gasteiger partial charge on any atom is 0.267 e. The Morgan fingerprint density at radius 2 is 1.76 bits per heavy atom. The molecule has 0 saturated carbocycles. The monoisotopic (exact) mass is 355 g/mol. The van der Waals surface area contributed by atoms with Gasteiger partial charge in [0.25, 0.3) is 5.91 Å². The third-order valence-electron chi connectivity index (χ3n) is 3.71. The third kappa shape index (κ3) is 4.15.